The molecular weight excluding hydrogens is 212 g/mol. The Morgan fingerprint density at radius 1 is 1.20 bits per heavy atom. The van der Waals surface area contributed by atoms with Gasteiger partial charge in [-0.1, -0.05) is 30.3 Å². The quantitative estimate of drug-likeness (QED) is 0.424. The molecule has 1 aromatic rings. The number of benzene rings is 1. The molecule has 0 aliphatic rings. The van der Waals surface area contributed by atoms with E-state index in [9.17, 15) is 4.79 Å². The smallest absolute Gasteiger partial charge is 0.320 e. The topological polar surface area (TPSA) is 26.3 Å². The van der Waals surface area contributed by atoms with Crippen molar-refractivity contribution in [2.45, 2.75) is 19.3 Å². The van der Waals surface area contributed by atoms with Crippen molar-refractivity contribution in [3.05, 3.63) is 35.9 Å². The van der Waals surface area contributed by atoms with Gasteiger partial charge < -0.3 is 4.74 Å². The van der Waals surface area contributed by atoms with E-state index in [4.69, 9.17) is 16.3 Å². The molecule has 0 saturated heterocycles. The summed E-state index contributed by atoms with van der Waals surface area (Å²) in [6, 6.07) is 10.3. The van der Waals surface area contributed by atoms with Crippen molar-refractivity contribution in [2.24, 2.45) is 0 Å². The molecule has 0 unspecified atom stereocenters. The number of unbranched alkanes of at least 4 members (excludes halogenated alkanes) is 1. The highest BCUT2D eigenvalue weighted by molar-refractivity contribution is 6.26. The number of rotatable bonds is 6. The summed E-state index contributed by atoms with van der Waals surface area (Å²) in [6.45, 7) is 0.471. The van der Waals surface area contributed by atoms with Gasteiger partial charge in [-0.2, -0.15) is 0 Å². The minimum atomic E-state index is -0.337. The van der Waals surface area contributed by atoms with Crippen LogP contribution in [-0.2, 0) is 16.0 Å². The standard InChI is InChI=1S/C12H15ClO2/c13-10-12(14)15-9-5-4-8-11-6-2-1-3-7-11/h1-3,6-7H,4-5,8-10H2. The maximum Gasteiger partial charge on any atom is 0.320 e. The van der Waals surface area contributed by atoms with Crippen molar-refractivity contribution in [1.82, 2.24) is 0 Å². The van der Waals surface area contributed by atoms with Gasteiger partial charge in [-0.25, -0.2) is 0 Å². The van der Waals surface area contributed by atoms with Crippen LogP contribution >= 0.6 is 11.6 Å². The van der Waals surface area contributed by atoms with Crippen LogP contribution in [-0.4, -0.2) is 18.5 Å². The highest BCUT2D eigenvalue weighted by Gasteiger charge is 1.98. The Labute approximate surface area is 95.2 Å². The summed E-state index contributed by atoms with van der Waals surface area (Å²) < 4.78 is 4.86. The van der Waals surface area contributed by atoms with Crippen LogP contribution in [0.3, 0.4) is 0 Å². The molecule has 1 aromatic carbocycles. The second-order valence-electron chi connectivity index (χ2n) is 3.30. The first-order chi connectivity index (χ1) is 7.33. The van der Waals surface area contributed by atoms with Crippen molar-refractivity contribution in [3.63, 3.8) is 0 Å². The summed E-state index contributed by atoms with van der Waals surface area (Å²) in [5.74, 6) is -0.394. The summed E-state index contributed by atoms with van der Waals surface area (Å²) in [5, 5.41) is 0. The van der Waals surface area contributed by atoms with Crippen LogP contribution in [0.2, 0.25) is 0 Å². The number of halogens is 1. The van der Waals surface area contributed by atoms with Gasteiger partial charge in [0, 0.05) is 0 Å². The third-order valence-electron chi connectivity index (χ3n) is 2.07. The minimum Gasteiger partial charge on any atom is -0.465 e. The predicted molar refractivity (Wildman–Crippen MR) is 61.1 cm³/mol. The lowest BCUT2D eigenvalue weighted by Gasteiger charge is -2.02. The highest BCUT2D eigenvalue weighted by Crippen LogP contribution is 2.04. The van der Waals surface area contributed by atoms with Gasteiger partial charge in [-0.15, -0.1) is 11.6 Å². The fourth-order valence-electron chi connectivity index (χ4n) is 1.30. The third kappa shape index (κ3) is 5.43. The SMILES string of the molecule is O=C(CCl)OCCCCc1ccccc1. The monoisotopic (exact) mass is 226 g/mol. The Morgan fingerprint density at radius 3 is 2.60 bits per heavy atom. The van der Waals surface area contributed by atoms with E-state index in [0.717, 1.165) is 19.3 Å². The summed E-state index contributed by atoms with van der Waals surface area (Å²) in [7, 11) is 0. The molecule has 0 spiro atoms. The van der Waals surface area contributed by atoms with E-state index in [1.807, 2.05) is 18.2 Å². The molecule has 0 bridgehead atoms. The Hall–Kier alpha value is -1.02. The van der Waals surface area contributed by atoms with E-state index < -0.39 is 0 Å². The van der Waals surface area contributed by atoms with E-state index in [2.05, 4.69) is 12.1 Å². The molecular formula is C12H15ClO2. The largest absolute Gasteiger partial charge is 0.465 e. The molecule has 0 radical (unpaired) electrons. The Morgan fingerprint density at radius 2 is 1.93 bits per heavy atom. The lowest BCUT2D eigenvalue weighted by Crippen LogP contribution is -2.06. The van der Waals surface area contributed by atoms with Gasteiger partial charge in [0.2, 0.25) is 0 Å². The predicted octanol–water partition coefficient (Wildman–Crippen LogP) is 2.79. The zero-order valence-electron chi connectivity index (χ0n) is 8.62. The molecule has 2 nitrogen and oxygen atoms in total. The normalized spacial score (nSPS) is 9.93. The van der Waals surface area contributed by atoms with Crippen LogP contribution in [0.25, 0.3) is 0 Å². The van der Waals surface area contributed by atoms with E-state index in [1.54, 1.807) is 0 Å². The van der Waals surface area contributed by atoms with Gasteiger partial charge in [0.1, 0.15) is 5.88 Å². The van der Waals surface area contributed by atoms with Crippen molar-refractivity contribution in [1.29, 1.82) is 0 Å². The first-order valence-electron chi connectivity index (χ1n) is 5.08. The number of hydrogen-bond donors (Lipinski definition) is 0. The van der Waals surface area contributed by atoms with Crippen LogP contribution in [0.1, 0.15) is 18.4 Å². The van der Waals surface area contributed by atoms with Crippen LogP contribution < -0.4 is 0 Å². The number of hydrogen-bond acceptors (Lipinski definition) is 2. The van der Waals surface area contributed by atoms with E-state index >= 15 is 0 Å². The average Bonchev–Trinajstić information content (AvgIpc) is 2.29. The molecule has 0 aromatic heterocycles. The maximum absolute atomic E-state index is 10.7. The zero-order chi connectivity index (χ0) is 10.9. The zero-order valence-corrected chi connectivity index (χ0v) is 9.37. The van der Waals surface area contributed by atoms with Gasteiger partial charge >= 0.3 is 5.97 Å². The van der Waals surface area contributed by atoms with Crippen molar-refractivity contribution in [2.75, 3.05) is 12.5 Å². The van der Waals surface area contributed by atoms with Gasteiger partial charge in [0.05, 0.1) is 6.61 Å². The second kappa shape index (κ2) is 7.30. The minimum absolute atomic E-state index is 0.0569. The summed E-state index contributed by atoms with van der Waals surface area (Å²) >= 11 is 5.29. The van der Waals surface area contributed by atoms with E-state index in [-0.39, 0.29) is 11.8 Å². The van der Waals surface area contributed by atoms with Crippen molar-refractivity contribution in [3.8, 4) is 0 Å². The molecule has 0 saturated carbocycles. The molecule has 1 rings (SSSR count). The fraction of sp³-hybridized carbons (Fsp3) is 0.417. The van der Waals surface area contributed by atoms with E-state index in [1.165, 1.54) is 5.56 Å². The van der Waals surface area contributed by atoms with Gasteiger partial charge in [0.15, 0.2) is 0 Å². The number of carbonyl (C=O) groups excluding carboxylic acids is 1. The Balaban J connectivity index is 2.05. The molecule has 3 heteroatoms. The Bertz CT molecular complexity index is 285. The number of ether oxygens (including phenoxy) is 1. The van der Waals surface area contributed by atoms with Crippen LogP contribution in [0, 0.1) is 0 Å². The molecule has 0 atom stereocenters. The van der Waals surface area contributed by atoms with Crippen LogP contribution in [0.5, 0.6) is 0 Å². The van der Waals surface area contributed by atoms with Gasteiger partial charge in [-0.3, -0.25) is 4.79 Å². The number of carbonyl (C=O) groups is 1. The molecule has 0 aliphatic heterocycles. The van der Waals surface area contributed by atoms with Crippen LogP contribution in [0.4, 0.5) is 0 Å². The number of aryl methyl sites for hydroxylation is 1. The molecule has 15 heavy (non-hydrogen) atoms. The number of alkyl halides is 1. The first-order valence-corrected chi connectivity index (χ1v) is 5.62. The van der Waals surface area contributed by atoms with E-state index in [0.29, 0.717) is 6.61 Å². The average molecular weight is 227 g/mol. The second-order valence-corrected chi connectivity index (χ2v) is 3.56. The van der Waals surface area contributed by atoms with Gasteiger partial charge in [0.25, 0.3) is 0 Å². The molecule has 0 heterocycles. The summed E-state index contributed by atoms with van der Waals surface area (Å²) in [5.41, 5.74) is 1.32. The first kappa shape index (κ1) is 12.1. The van der Waals surface area contributed by atoms with Crippen molar-refractivity contribution >= 4 is 17.6 Å². The Kier molecular flexibility index (Phi) is 5.86. The van der Waals surface area contributed by atoms with Crippen molar-refractivity contribution < 1.29 is 9.53 Å². The molecule has 0 fully saturated rings. The molecule has 82 valence electrons. The summed E-state index contributed by atoms with van der Waals surface area (Å²) in [4.78, 5) is 10.7. The highest BCUT2D eigenvalue weighted by atomic mass is 35.5. The lowest BCUT2D eigenvalue weighted by atomic mass is 10.1. The third-order valence-corrected chi connectivity index (χ3v) is 2.29. The fourth-order valence-corrected chi connectivity index (χ4v) is 1.38. The number of esters is 1. The lowest BCUT2D eigenvalue weighted by molar-refractivity contribution is -0.140. The maximum atomic E-state index is 10.7. The molecule has 0 aliphatic carbocycles. The molecule has 0 amide bonds. The van der Waals surface area contributed by atoms with Crippen LogP contribution in [0.15, 0.2) is 30.3 Å². The van der Waals surface area contributed by atoms with Gasteiger partial charge in [-0.05, 0) is 24.8 Å². The summed E-state index contributed by atoms with van der Waals surface area (Å²) in [6.07, 6.45) is 2.94. The molecule has 0 N–H and O–H groups in total.